The second kappa shape index (κ2) is 5.45. The van der Waals surface area contributed by atoms with E-state index in [9.17, 15) is 14.9 Å². The summed E-state index contributed by atoms with van der Waals surface area (Å²) >= 11 is 3.14. The first kappa shape index (κ1) is 14.6. The van der Waals surface area contributed by atoms with Gasteiger partial charge in [-0.15, -0.1) is 0 Å². The van der Waals surface area contributed by atoms with Gasteiger partial charge in [-0.3, -0.25) is 14.9 Å². The Kier molecular flexibility index (Phi) is 4.42. The number of methoxy groups -OCH3 is 1. The number of nitro groups is 1. The molecule has 18 heavy (non-hydrogen) atoms. The number of nitro benzene ring substituents is 1. The van der Waals surface area contributed by atoms with Crippen LogP contribution in [0.25, 0.3) is 0 Å². The van der Waals surface area contributed by atoms with Crippen LogP contribution in [0, 0.1) is 10.1 Å². The molecule has 0 fully saturated rings. The van der Waals surface area contributed by atoms with Gasteiger partial charge in [0.1, 0.15) is 11.3 Å². The quantitative estimate of drug-likeness (QED) is 0.684. The second-order valence-corrected chi connectivity index (χ2v) is 5.00. The lowest BCUT2D eigenvalue weighted by molar-refractivity contribution is -0.384. The zero-order chi connectivity index (χ0) is 13.9. The zero-order valence-electron chi connectivity index (χ0n) is 10.2. The van der Waals surface area contributed by atoms with Crippen LogP contribution in [0.3, 0.4) is 0 Å². The first-order valence-electron chi connectivity index (χ1n) is 5.08. The summed E-state index contributed by atoms with van der Waals surface area (Å²) in [7, 11) is 1.40. The minimum absolute atomic E-state index is 0.137. The van der Waals surface area contributed by atoms with Crippen molar-refractivity contribution < 1.29 is 14.5 Å². The molecule has 1 N–H and O–H groups in total. The summed E-state index contributed by atoms with van der Waals surface area (Å²) in [6, 6.07) is 4.41. The Bertz CT molecular complexity index is 488. The van der Waals surface area contributed by atoms with Crippen LogP contribution in [-0.4, -0.2) is 23.5 Å². The molecule has 0 unspecified atom stereocenters. The molecule has 0 aliphatic carbocycles. The summed E-state index contributed by atoms with van der Waals surface area (Å²) in [5.74, 6) is -0.449. The molecule has 0 heterocycles. The number of hydrogen-bond donors (Lipinski definition) is 1. The van der Waals surface area contributed by atoms with Gasteiger partial charge in [-0.05, 0) is 26.0 Å². The molecule has 6 nitrogen and oxygen atoms in total. The lowest BCUT2D eigenvalue weighted by Gasteiger charge is -2.21. The van der Waals surface area contributed by atoms with E-state index in [1.807, 2.05) is 0 Å². The average Bonchev–Trinajstić information content (AvgIpc) is 2.31. The molecule has 0 aliphatic heterocycles. The molecule has 98 valence electrons. The van der Waals surface area contributed by atoms with Gasteiger partial charge in [0.05, 0.1) is 4.92 Å². The molecular formula is C11H13BrN2O4. The van der Waals surface area contributed by atoms with Crippen molar-refractivity contribution >= 4 is 33.2 Å². The molecule has 0 radical (unpaired) electrons. The third-order valence-electron chi connectivity index (χ3n) is 2.46. The Hall–Kier alpha value is -1.47. The van der Waals surface area contributed by atoms with Crippen molar-refractivity contribution in [2.24, 2.45) is 0 Å². The standard InChI is InChI=1S/C11H13BrN2O4/c1-11(2,18-3)10(15)13-8-5-4-7(12)6-9(8)14(16)17/h4-6H,1-3H3,(H,13,15). The van der Waals surface area contributed by atoms with Crippen molar-refractivity contribution in [3.05, 3.63) is 32.8 Å². The number of benzene rings is 1. The van der Waals surface area contributed by atoms with E-state index in [1.54, 1.807) is 19.9 Å². The molecule has 1 amide bonds. The number of nitrogens with one attached hydrogen (secondary N) is 1. The maximum absolute atomic E-state index is 11.9. The summed E-state index contributed by atoms with van der Waals surface area (Å²) in [5.41, 5.74) is -1.09. The highest BCUT2D eigenvalue weighted by atomic mass is 79.9. The Morgan fingerprint density at radius 1 is 1.50 bits per heavy atom. The van der Waals surface area contributed by atoms with Crippen LogP contribution in [0.5, 0.6) is 0 Å². The summed E-state index contributed by atoms with van der Waals surface area (Å²) in [5, 5.41) is 13.4. The fraction of sp³-hybridized carbons (Fsp3) is 0.364. The second-order valence-electron chi connectivity index (χ2n) is 4.09. The maximum Gasteiger partial charge on any atom is 0.293 e. The minimum atomic E-state index is -1.05. The largest absolute Gasteiger partial charge is 0.369 e. The summed E-state index contributed by atoms with van der Waals surface area (Å²) in [6.45, 7) is 3.15. The number of carbonyl (C=O) groups is 1. The highest BCUT2D eigenvalue weighted by molar-refractivity contribution is 9.10. The Balaban J connectivity index is 3.05. The molecule has 0 spiro atoms. The summed E-state index contributed by atoms with van der Waals surface area (Å²) < 4.78 is 5.57. The minimum Gasteiger partial charge on any atom is -0.369 e. The van der Waals surface area contributed by atoms with Crippen LogP contribution in [0.15, 0.2) is 22.7 Å². The van der Waals surface area contributed by atoms with E-state index < -0.39 is 16.4 Å². The number of hydrogen-bond acceptors (Lipinski definition) is 4. The molecule has 0 saturated heterocycles. The van der Waals surface area contributed by atoms with Gasteiger partial charge >= 0.3 is 0 Å². The first-order chi connectivity index (χ1) is 8.27. The van der Waals surface area contributed by atoms with Crippen molar-refractivity contribution in [2.45, 2.75) is 19.4 Å². The van der Waals surface area contributed by atoms with E-state index in [0.717, 1.165) is 0 Å². The highest BCUT2D eigenvalue weighted by Crippen LogP contribution is 2.28. The Morgan fingerprint density at radius 2 is 2.11 bits per heavy atom. The average molecular weight is 317 g/mol. The molecule has 1 aromatic carbocycles. The number of amides is 1. The van der Waals surface area contributed by atoms with Crippen LogP contribution < -0.4 is 5.32 Å². The first-order valence-corrected chi connectivity index (χ1v) is 5.88. The van der Waals surface area contributed by atoms with E-state index in [1.165, 1.54) is 19.2 Å². The predicted octanol–water partition coefficient (Wildman–Crippen LogP) is 2.72. The van der Waals surface area contributed by atoms with Crippen molar-refractivity contribution in [1.29, 1.82) is 0 Å². The topological polar surface area (TPSA) is 81.5 Å². The maximum atomic E-state index is 11.9. The summed E-state index contributed by atoms with van der Waals surface area (Å²) in [4.78, 5) is 22.2. The lowest BCUT2D eigenvalue weighted by atomic mass is 10.1. The molecule has 0 saturated carbocycles. The van der Waals surface area contributed by atoms with E-state index in [0.29, 0.717) is 4.47 Å². The molecule has 7 heteroatoms. The molecule has 0 aromatic heterocycles. The van der Waals surface area contributed by atoms with Crippen molar-refractivity contribution in [3.63, 3.8) is 0 Å². The third kappa shape index (κ3) is 3.27. The van der Waals surface area contributed by atoms with Crippen LogP contribution in [0.1, 0.15) is 13.8 Å². The number of anilines is 1. The van der Waals surface area contributed by atoms with Crippen LogP contribution in [0.4, 0.5) is 11.4 Å². The zero-order valence-corrected chi connectivity index (χ0v) is 11.8. The molecule has 0 atom stereocenters. The van der Waals surface area contributed by atoms with Gasteiger partial charge in [-0.1, -0.05) is 15.9 Å². The Labute approximate surface area is 113 Å². The van der Waals surface area contributed by atoms with Gasteiger partial charge in [-0.2, -0.15) is 0 Å². The van der Waals surface area contributed by atoms with E-state index in [4.69, 9.17) is 4.74 Å². The lowest BCUT2D eigenvalue weighted by Crippen LogP contribution is -2.38. The fourth-order valence-electron chi connectivity index (χ4n) is 1.13. The van der Waals surface area contributed by atoms with Gasteiger partial charge in [0.25, 0.3) is 11.6 Å². The Morgan fingerprint density at radius 3 is 2.61 bits per heavy atom. The number of ether oxygens (including phenoxy) is 1. The van der Waals surface area contributed by atoms with Crippen molar-refractivity contribution in [2.75, 3.05) is 12.4 Å². The molecule has 0 aliphatic rings. The van der Waals surface area contributed by atoms with Crippen LogP contribution >= 0.6 is 15.9 Å². The van der Waals surface area contributed by atoms with Gasteiger partial charge < -0.3 is 10.1 Å². The monoisotopic (exact) mass is 316 g/mol. The highest BCUT2D eigenvalue weighted by Gasteiger charge is 2.28. The SMILES string of the molecule is COC(C)(C)C(=O)Nc1ccc(Br)cc1[N+](=O)[O-]. The van der Waals surface area contributed by atoms with Crippen molar-refractivity contribution in [3.8, 4) is 0 Å². The normalized spacial score (nSPS) is 11.1. The number of rotatable bonds is 4. The van der Waals surface area contributed by atoms with E-state index >= 15 is 0 Å². The van der Waals surface area contributed by atoms with E-state index in [2.05, 4.69) is 21.2 Å². The summed E-state index contributed by atoms with van der Waals surface area (Å²) in [6.07, 6.45) is 0. The number of halogens is 1. The predicted molar refractivity (Wildman–Crippen MR) is 70.5 cm³/mol. The third-order valence-corrected chi connectivity index (χ3v) is 2.96. The molecular weight excluding hydrogens is 304 g/mol. The van der Waals surface area contributed by atoms with E-state index in [-0.39, 0.29) is 11.4 Å². The van der Waals surface area contributed by atoms with Gasteiger partial charge in [0, 0.05) is 17.6 Å². The van der Waals surface area contributed by atoms with Gasteiger partial charge in [-0.25, -0.2) is 0 Å². The molecule has 1 rings (SSSR count). The molecule has 1 aromatic rings. The molecule has 0 bridgehead atoms. The number of nitrogens with zero attached hydrogens (tertiary/aromatic N) is 1. The van der Waals surface area contributed by atoms with Gasteiger partial charge in [0.2, 0.25) is 0 Å². The van der Waals surface area contributed by atoms with Gasteiger partial charge in [0.15, 0.2) is 0 Å². The number of carbonyl (C=O) groups excluding carboxylic acids is 1. The van der Waals surface area contributed by atoms with Crippen LogP contribution in [-0.2, 0) is 9.53 Å². The van der Waals surface area contributed by atoms with Crippen molar-refractivity contribution in [1.82, 2.24) is 0 Å². The fourth-order valence-corrected chi connectivity index (χ4v) is 1.48. The smallest absolute Gasteiger partial charge is 0.293 e. The van der Waals surface area contributed by atoms with Crippen LogP contribution in [0.2, 0.25) is 0 Å².